The van der Waals surface area contributed by atoms with Crippen molar-refractivity contribution in [3.63, 3.8) is 0 Å². The van der Waals surface area contributed by atoms with Gasteiger partial charge in [-0.1, -0.05) is 0 Å². The normalized spacial score (nSPS) is 12.7. The first-order chi connectivity index (χ1) is 8.61. The monoisotopic (exact) mass is 270 g/mol. The zero-order valence-corrected chi connectivity index (χ0v) is 12.1. The maximum Gasteiger partial charge on any atom is 0.0966 e. The average molecular weight is 270 g/mol. The van der Waals surface area contributed by atoms with Crippen molar-refractivity contribution in [3.8, 4) is 0 Å². The van der Waals surface area contributed by atoms with Gasteiger partial charge in [0.05, 0.1) is 17.7 Å². The van der Waals surface area contributed by atoms with Crippen LogP contribution in [0.3, 0.4) is 0 Å². The predicted molar refractivity (Wildman–Crippen MR) is 75.2 cm³/mol. The van der Waals surface area contributed by atoms with Crippen LogP contribution in [0.15, 0.2) is 17.2 Å². The summed E-state index contributed by atoms with van der Waals surface area (Å²) in [6.07, 6.45) is -0.366. The zero-order chi connectivity index (χ0) is 13.4. The van der Waals surface area contributed by atoms with Gasteiger partial charge in [-0.25, -0.2) is 4.98 Å². The highest BCUT2D eigenvalue weighted by atomic mass is 32.2. The van der Waals surface area contributed by atoms with Gasteiger partial charge in [0, 0.05) is 31.6 Å². The van der Waals surface area contributed by atoms with Crippen molar-refractivity contribution in [2.45, 2.75) is 25.0 Å². The Morgan fingerprint density at radius 3 is 2.89 bits per heavy atom. The number of hydrogen-bond acceptors (Lipinski definition) is 5. The van der Waals surface area contributed by atoms with Crippen molar-refractivity contribution in [1.29, 1.82) is 0 Å². The summed E-state index contributed by atoms with van der Waals surface area (Å²) < 4.78 is 4.92. The minimum Gasteiger partial charge on any atom is -0.391 e. The van der Waals surface area contributed by atoms with Gasteiger partial charge >= 0.3 is 0 Å². The minimum absolute atomic E-state index is 0.366. The van der Waals surface area contributed by atoms with E-state index in [1.165, 1.54) is 5.56 Å². The van der Waals surface area contributed by atoms with E-state index in [0.717, 1.165) is 17.3 Å². The molecule has 0 saturated heterocycles. The summed E-state index contributed by atoms with van der Waals surface area (Å²) in [6.45, 7) is 6.06. The second-order valence-electron chi connectivity index (χ2n) is 4.29. The van der Waals surface area contributed by atoms with Crippen molar-refractivity contribution in [2.24, 2.45) is 0 Å². The fourth-order valence-electron chi connectivity index (χ4n) is 1.56. The van der Waals surface area contributed by atoms with E-state index in [4.69, 9.17) is 4.74 Å². The van der Waals surface area contributed by atoms with Crippen LogP contribution in [-0.2, 0) is 4.74 Å². The van der Waals surface area contributed by atoms with Crippen LogP contribution in [0.1, 0.15) is 11.3 Å². The Hall–Kier alpha value is -0.620. The molecule has 0 aliphatic carbocycles. The second kappa shape index (κ2) is 8.48. The molecule has 4 nitrogen and oxygen atoms in total. The molecule has 5 heteroatoms. The molecule has 0 aliphatic heterocycles. The molecular formula is C13H22N2O2S. The first-order valence-electron chi connectivity index (χ1n) is 6.07. The summed E-state index contributed by atoms with van der Waals surface area (Å²) >= 11 is 1.59. The molecular weight excluding hydrogens is 248 g/mol. The molecule has 1 unspecified atom stereocenters. The van der Waals surface area contributed by atoms with Gasteiger partial charge in [-0.05, 0) is 31.5 Å². The van der Waals surface area contributed by atoms with Gasteiger partial charge in [-0.2, -0.15) is 0 Å². The fraction of sp³-hybridized carbons (Fsp3) is 0.615. The van der Waals surface area contributed by atoms with Gasteiger partial charge in [-0.3, -0.25) is 0 Å². The number of methoxy groups -OCH3 is 1. The van der Waals surface area contributed by atoms with Crippen LogP contribution >= 0.6 is 11.8 Å². The van der Waals surface area contributed by atoms with Crippen molar-refractivity contribution in [3.05, 3.63) is 23.4 Å². The van der Waals surface area contributed by atoms with E-state index in [1.54, 1.807) is 18.9 Å². The number of nitrogens with one attached hydrogen (secondary N) is 1. The molecule has 1 atom stereocenters. The summed E-state index contributed by atoms with van der Waals surface area (Å²) in [5, 5.41) is 13.9. The SMILES string of the molecule is COCCNCC(O)CSc1cc(C)cc(C)n1. The van der Waals surface area contributed by atoms with E-state index in [0.29, 0.717) is 18.9 Å². The molecule has 1 rings (SSSR count). The van der Waals surface area contributed by atoms with Gasteiger partial charge < -0.3 is 15.2 Å². The molecule has 1 aromatic heterocycles. The van der Waals surface area contributed by atoms with Gasteiger partial charge in [0.15, 0.2) is 0 Å². The topological polar surface area (TPSA) is 54.4 Å². The molecule has 0 aromatic carbocycles. The Bertz CT molecular complexity index is 341. The Morgan fingerprint density at radius 1 is 1.44 bits per heavy atom. The predicted octanol–water partition coefficient (Wildman–Crippen LogP) is 1.39. The van der Waals surface area contributed by atoms with Gasteiger partial charge in [0.25, 0.3) is 0 Å². The van der Waals surface area contributed by atoms with E-state index in [9.17, 15) is 5.11 Å². The lowest BCUT2D eigenvalue weighted by Crippen LogP contribution is -2.30. The number of rotatable bonds is 8. The van der Waals surface area contributed by atoms with Crippen LogP contribution < -0.4 is 5.32 Å². The van der Waals surface area contributed by atoms with Crippen LogP contribution in [-0.4, -0.2) is 48.8 Å². The zero-order valence-electron chi connectivity index (χ0n) is 11.3. The molecule has 0 bridgehead atoms. The number of pyridine rings is 1. The van der Waals surface area contributed by atoms with Crippen LogP contribution in [0.2, 0.25) is 0 Å². The Labute approximate surface area is 113 Å². The van der Waals surface area contributed by atoms with Crippen LogP contribution in [0.4, 0.5) is 0 Å². The van der Waals surface area contributed by atoms with E-state index in [1.807, 2.05) is 19.1 Å². The van der Waals surface area contributed by atoms with Crippen LogP contribution in [0.5, 0.6) is 0 Å². The molecule has 0 saturated carbocycles. The number of nitrogens with zero attached hydrogens (tertiary/aromatic N) is 1. The fourth-order valence-corrected chi connectivity index (χ4v) is 2.52. The number of ether oxygens (including phenoxy) is 1. The van der Waals surface area contributed by atoms with Crippen molar-refractivity contribution < 1.29 is 9.84 Å². The summed E-state index contributed by atoms with van der Waals surface area (Å²) in [5.74, 6) is 0.649. The summed E-state index contributed by atoms with van der Waals surface area (Å²) in [7, 11) is 1.67. The molecule has 0 amide bonds. The minimum atomic E-state index is -0.366. The highest BCUT2D eigenvalue weighted by molar-refractivity contribution is 7.99. The third-order valence-electron chi connectivity index (χ3n) is 2.36. The number of thioether (sulfide) groups is 1. The number of aryl methyl sites for hydroxylation is 2. The molecule has 102 valence electrons. The lowest BCUT2D eigenvalue weighted by molar-refractivity contribution is 0.175. The summed E-state index contributed by atoms with van der Waals surface area (Å²) in [5.41, 5.74) is 2.22. The Kier molecular flexibility index (Phi) is 7.27. The number of aliphatic hydroxyl groups is 1. The molecule has 1 aromatic rings. The standard InChI is InChI=1S/C13H22N2O2S/c1-10-6-11(2)15-13(7-10)18-9-12(16)8-14-4-5-17-3/h6-7,12,14,16H,4-5,8-9H2,1-3H3. The average Bonchev–Trinajstić information content (AvgIpc) is 2.31. The van der Waals surface area contributed by atoms with Crippen molar-refractivity contribution in [2.75, 3.05) is 32.6 Å². The molecule has 0 radical (unpaired) electrons. The van der Waals surface area contributed by atoms with E-state index < -0.39 is 0 Å². The quantitative estimate of drug-likeness (QED) is 0.552. The highest BCUT2D eigenvalue weighted by Gasteiger charge is 2.06. The van der Waals surface area contributed by atoms with E-state index >= 15 is 0 Å². The number of hydrogen-bond donors (Lipinski definition) is 2. The summed E-state index contributed by atoms with van der Waals surface area (Å²) in [6, 6.07) is 4.09. The number of aromatic nitrogens is 1. The smallest absolute Gasteiger partial charge is 0.0966 e. The van der Waals surface area contributed by atoms with Crippen molar-refractivity contribution >= 4 is 11.8 Å². The van der Waals surface area contributed by atoms with Crippen LogP contribution in [0, 0.1) is 13.8 Å². The maximum absolute atomic E-state index is 9.80. The lowest BCUT2D eigenvalue weighted by Gasteiger charge is -2.11. The summed E-state index contributed by atoms with van der Waals surface area (Å²) in [4.78, 5) is 4.43. The van der Waals surface area contributed by atoms with Crippen LogP contribution in [0.25, 0.3) is 0 Å². The lowest BCUT2D eigenvalue weighted by atomic mass is 10.3. The molecule has 0 aliphatic rings. The molecule has 1 heterocycles. The van der Waals surface area contributed by atoms with Gasteiger partial charge in [-0.15, -0.1) is 11.8 Å². The van der Waals surface area contributed by atoms with E-state index in [-0.39, 0.29) is 6.10 Å². The molecule has 2 N–H and O–H groups in total. The second-order valence-corrected chi connectivity index (χ2v) is 5.33. The Balaban J connectivity index is 2.26. The number of aliphatic hydroxyl groups excluding tert-OH is 1. The maximum atomic E-state index is 9.80. The van der Waals surface area contributed by atoms with E-state index in [2.05, 4.69) is 17.2 Å². The third kappa shape index (κ3) is 6.35. The van der Waals surface area contributed by atoms with Gasteiger partial charge in [0.1, 0.15) is 0 Å². The molecule has 0 fully saturated rings. The largest absolute Gasteiger partial charge is 0.391 e. The van der Waals surface area contributed by atoms with Crippen molar-refractivity contribution in [1.82, 2.24) is 10.3 Å². The molecule has 18 heavy (non-hydrogen) atoms. The molecule has 0 spiro atoms. The highest BCUT2D eigenvalue weighted by Crippen LogP contribution is 2.18. The first-order valence-corrected chi connectivity index (χ1v) is 7.06. The van der Waals surface area contributed by atoms with Gasteiger partial charge in [0.2, 0.25) is 0 Å². The first kappa shape index (κ1) is 15.4. The third-order valence-corrected chi connectivity index (χ3v) is 3.42. The Morgan fingerprint density at radius 2 is 2.22 bits per heavy atom.